The van der Waals surface area contributed by atoms with Gasteiger partial charge in [-0.2, -0.15) is 13.1 Å². The molecule has 4 atom stereocenters. The van der Waals surface area contributed by atoms with Crippen molar-refractivity contribution in [3.63, 3.8) is 0 Å². The zero-order chi connectivity index (χ0) is 12.9. The molecule has 0 saturated heterocycles. The van der Waals surface area contributed by atoms with Crippen molar-refractivity contribution < 1.29 is 38.2 Å². The molecule has 0 amide bonds. The number of hydrogen-bond acceptors (Lipinski definition) is 7. The smallest absolute Gasteiger partial charge is 0.334 e. The second-order valence-corrected chi connectivity index (χ2v) is 4.17. The van der Waals surface area contributed by atoms with E-state index < -0.39 is 41.3 Å². The van der Waals surface area contributed by atoms with E-state index in [4.69, 9.17) is 19.9 Å². The van der Waals surface area contributed by atoms with Crippen LogP contribution in [-0.4, -0.2) is 70.6 Å². The molecule has 0 aliphatic rings. The van der Waals surface area contributed by atoms with Crippen LogP contribution in [0, 0.1) is 0 Å². The Hall–Kier alpha value is -0.620. The molecule has 0 aromatic rings. The Balaban J connectivity index is 4.65. The SMILES string of the molecule is O=C[C@H](NS(=O)(=O)O)[C@@H](O)[C@H](O)[C@H](O)CO. The monoisotopic (exact) mass is 259 g/mol. The van der Waals surface area contributed by atoms with Gasteiger partial charge in [0.2, 0.25) is 0 Å². The van der Waals surface area contributed by atoms with Gasteiger partial charge in [-0.05, 0) is 0 Å². The van der Waals surface area contributed by atoms with E-state index in [1.165, 1.54) is 4.72 Å². The Labute approximate surface area is 91.2 Å². The summed E-state index contributed by atoms with van der Waals surface area (Å²) in [5.41, 5.74) is 0. The van der Waals surface area contributed by atoms with E-state index in [2.05, 4.69) is 0 Å². The number of hydrogen-bond donors (Lipinski definition) is 6. The van der Waals surface area contributed by atoms with Crippen LogP contribution in [0.5, 0.6) is 0 Å². The maximum Gasteiger partial charge on any atom is 0.334 e. The molecule has 10 heteroatoms. The molecule has 0 saturated carbocycles. The highest BCUT2D eigenvalue weighted by Gasteiger charge is 2.32. The van der Waals surface area contributed by atoms with Crippen LogP contribution in [0.4, 0.5) is 0 Å². The molecule has 0 aromatic heterocycles. The van der Waals surface area contributed by atoms with E-state index in [1.807, 2.05) is 0 Å². The predicted octanol–water partition coefficient (Wildman–Crippen LogP) is -3.98. The van der Waals surface area contributed by atoms with E-state index in [9.17, 15) is 18.3 Å². The standard InChI is InChI=1S/C6H13NO8S/c8-1-3(7-16(13,14)15)5(11)6(12)4(10)2-9/h1,3-7,9-12H,2H2,(H,13,14,15)/t3-,4+,5+,6+/m0/s1. The number of aliphatic hydroxyl groups excluding tert-OH is 4. The zero-order valence-electron chi connectivity index (χ0n) is 7.96. The third-order valence-electron chi connectivity index (χ3n) is 1.73. The van der Waals surface area contributed by atoms with Gasteiger partial charge < -0.3 is 25.2 Å². The van der Waals surface area contributed by atoms with Gasteiger partial charge in [-0.1, -0.05) is 0 Å². The summed E-state index contributed by atoms with van der Waals surface area (Å²) in [6, 6.07) is -1.84. The highest BCUT2D eigenvalue weighted by atomic mass is 32.2. The Morgan fingerprint density at radius 2 is 1.69 bits per heavy atom. The van der Waals surface area contributed by atoms with Crippen LogP contribution in [0.1, 0.15) is 0 Å². The molecule has 0 rings (SSSR count). The molecule has 0 bridgehead atoms. The minimum Gasteiger partial charge on any atom is -0.394 e. The fourth-order valence-corrected chi connectivity index (χ4v) is 1.44. The highest BCUT2D eigenvalue weighted by molar-refractivity contribution is 7.83. The van der Waals surface area contributed by atoms with E-state index in [1.54, 1.807) is 0 Å². The van der Waals surface area contributed by atoms with Gasteiger partial charge in [0.25, 0.3) is 0 Å². The van der Waals surface area contributed by atoms with Gasteiger partial charge in [-0.25, -0.2) is 0 Å². The Bertz CT molecular complexity index is 316. The number of carbonyl (C=O) groups excluding carboxylic acids is 1. The number of aldehydes is 1. The van der Waals surface area contributed by atoms with Crippen LogP contribution in [-0.2, 0) is 15.1 Å². The Morgan fingerprint density at radius 1 is 1.19 bits per heavy atom. The summed E-state index contributed by atoms with van der Waals surface area (Å²) in [5, 5.41) is 35.8. The lowest BCUT2D eigenvalue weighted by Crippen LogP contribution is -2.53. The molecule has 0 aromatic carbocycles. The summed E-state index contributed by atoms with van der Waals surface area (Å²) in [5.74, 6) is 0. The maximum atomic E-state index is 10.4. The average Bonchev–Trinajstić information content (AvgIpc) is 2.21. The molecular weight excluding hydrogens is 246 g/mol. The summed E-state index contributed by atoms with van der Waals surface area (Å²) < 4.78 is 30.4. The van der Waals surface area contributed by atoms with Gasteiger partial charge >= 0.3 is 10.3 Å². The van der Waals surface area contributed by atoms with Crippen molar-refractivity contribution in [2.75, 3.05) is 6.61 Å². The molecular formula is C6H13NO8S. The van der Waals surface area contributed by atoms with Gasteiger partial charge in [0.05, 0.1) is 6.61 Å². The lowest BCUT2D eigenvalue weighted by molar-refractivity contribution is -0.119. The molecule has 9 nitrogen and oxygen atoms in total. The third-order valence-corrected chi connectivity index (χ3v) is 2.30. The number of aliphatic hydroxyl groups is 4. The maximum absolute atomic E-state index is 10.4. The van der Waals surface area contributed by atoms with Gasteiger partial charge in [-0.15, -0.1) is 0 Å². The number of carbonyl (C=O) groups is 1. The first-order valence-corrected chi connectivity index (χ1v) is 5.52. The molecule has 0 aliphatic carbocycles. The quantitative estimate of drug-likeness (QED) is 0.199. The fourth-order valence-electron chi connectivity index (χ4n) is 0.898. The molecule has 16 heavy (non-hydrogen) atoms. The topological polar surface area (TPSA) is 164 Å². The van der Waals surface area contributed by atoms with Crippen molar-refractivity contribution >= 4 is 16.6 Å². The van der Waals surface area contributed by atoms with Gasteiger partial charge in [0.15, 0.2) is 0 Å². The average molecular weight is 259 g/mol. The highest BCUT2D eigenvalue weighted by Crippen LogP contribution is 2.04. The second kappa shape index (κ2) is 6.20. The summed E-state index contributed by atoms with van der Waals surface area (Å²) in [7, 11) is -4.74. The van der Waals surface area contributed by atoms with Crippen molar-refractivity contribution in [3.8, 4) is 0 Å². The van der Waals surface area contributed by atoms with Gasteiger partial charge in [-0.3, -0.25) is 4.55 Å². The fraction of sp³-hybridized carbons (Fsp3) is 0.833. The van der Waals surface area contributed by atoms with Crippen molar-refractivity contribution in [2.24, 2.45) is 0 Å². The molecule has 0 unspecified atom stereocenters. The van der Waals surface area contributed by atoms with Gasteiger partial charge in [0.1, 0.15) is 30.6 Å². The first kappa shape index (κ1) is 15.4. The summed E-state index contributed by atoms with van der Waals surface area (Å²) in [6.07, 6.45) is -5.79. The Kier molecular flexibility index (Phi) is 5.96. The minimum absolute atomic E-state index is 0.0776. The van der Waals surface area contributed by atoms with E-state index in [0.29, 0.717) is 0 Å². The number of rotatable bonds is 7. The molecule has 0 spiro atoms. The van der Waals surface area contributed by atoms with Crippen molar-refractivity contribution in [1.82, 2.24) is 4.72 Å². The third kappa shape index (κ3) is 4.94. The van der Waals surface area contributed by atoms with Crippen LogP contribution >= 0.6 is 0 Å². The van der Waals surface area contributed by atoms with E-state index in [0.717, 1.165) is 0 Å². The van der Waals surface area contributed by atoms with Crippen LogP contribution in [0.25, 0.3) is 0 Å². The molecule has 0 heterocycles. The summed E-state index contributed by atoms with van der Waals surface area (Å²) in [4.78, 5) is 10.4. The molecule has 0 fully saturated rings. The van der Waals surface area contributed by atoms with Crippen molar-refractivity contribution in [2.45, 2.75) is 24.4 Å². The minimum atomic E-state index is -4.74. The molecule has 0 radical (unpaired) electrons. The summed E-state index contributed by atoms with van der Waals surface area (Å²) >= 11 is 0. The first-order valence-electron chi connectivity index (χ1n) is 4.08. The van der Waals surface area contributed by atoms with E-state index >= 15 is 0 Å². The lowest BCUT2D eigenvalue weighted by atomic mass is 10.0. The van der Waals surface area contributed by atoms with E-state index in [-0.39, 0.29) is 6.29 Å². The van der Waals surface area contributed by atoms with Crippen LogP contribution in [0.15, 0.2) is 0 Å². The van der Waals surface area contributed by atoms with Crippen LogP contribution in [0.2, 0.25) is 0 Å². The number of nitrogens with one attached hydrogen (secondary N) is 1. The molecule has 6 N–H and O–H groups in total. The largest absolute Gasteiger partial charge is 0.394 e. The lowest BCUT2D eigenvalue weighted by Gasteiger charge is -2.25. The molecule has 96 valence electrons. The van der Waals surface area contributed by atoms with Crippen LogP contribution < -0.4 is 4.72 Å². The zero-order valence-corrected chi connectivity index (χ0v) is 8.78. The Morgan fingerprint density at radius 3 is 2.00 bits per heavy atom. The summed E-state index contributed by atoms with van der Waals surface area (Å²) in [6.45, 7) is -0.893. The molecule has 0 aliphatic heterocycles. The van der Waals surface area contributed by atoms with Crippen molar-refractivity contribution in [3.05, 3.63) is 0 Å². The first-order chi connectivity index (χ1) is 7.22. The normalized spacial score (nSPS) is 19.8. The van der Waals surface area contributed by atoms with Crippen LogP contribution in [0.3, 0.4) is 0 Å². The predicted molar refractivity (Wildman–Crippen MR) is 49.6 cm³/mol. The second-order valence-electron chi connectivity index (χ2n) is 2.99. The van der Waals surface area contributed by atoms with Gasteiger partial charge in [0, 0.05) is 0 Å². The van der Waals surface area contributed by atoms with Crippen molar-refractivity contribution in [1.29, 1.82) is 0 Å².